The lowest BCUT2D eigenvalue weighted by Gasteiger charge is -2.20. The molecule has 3 rings (SSSR count). The molecular formula is C17H13F3N4OS. The molecule has 0 bridgehead atoms. The van der Waals surface area contributed by atoms with Crippen LogP contribution in [0.2, 0.25) is 0 Å². The van der Waals surface area contributed by atoms with Crippen LogP contribution in [0.25, 0.3) is 0 Å². The number of benzene rings is 1. The average molecular weight is 378 g/mol. The summed E-state index contributed by atoms with van der Waals surface area (Å²) in [5, 5.41) is 21.4. The van der Waals surface area contributed by atoms with Crippen LogP contribution in [0.1, 0.15) is 35.4 Å². The molecule has 1 aliphatic rings. The van der Waals surface area contributed by atoms with Gasteiger partial charge < -0.3 is 5.32 Å². The van der Waals surface area contributed by atoms with Crippen molar-refractivity contribution >= 4 is 22.9 Å². The van der Waals surface area contributed by atoms with Crippen LogP contribution >= 0.6 is 11.3 Å². The monoisotopic (exact) mass is 378 g/mol. The second-order valence-corrected chi connectivity index (χ2v) is 7.03. The van der Waals surface area contributed by atoms with Crippen LogP contribution in [0.3, 0.4) is 0 Å². The first-order chi connectivity index (χ1) is 12.2. The Kier molecular flexibility index (Phi) is 4.54. The van der Waals surface area contributed by atoms with Gasteiger partial charge in [-0.2, -0.15) is 28.7 Å². The first-order valence-corrected chi connectivity index (χ1v) is 8.49. The summed E-state index contributed by atoms with van der Waals surface area (Å²) < 4.78 is 39.1. The molecule has 2 heterocycles. The summed E-state index contributed by atoms with van der Waals surface area (Å²) >= 11 is 1.50. The summed E-state index contributed by atoms with van der Waals surface area (Å²) in [6, 6.07) is 8.08. The summed E-state index contributed by atoms with van der Waals surface area (Å²) in [6.45, 7) is 1.59. The van der Waals surface area contributed by atoms with Crippen LogP contribution in [-0.2, 0) is 11.0 Å². The number of amides is 1. The van der Waals surface area contributed by atoms with Gasteiger partial charge in [0.2, 0.25) is 0 Å². The molecule has 9 heteroatoms. The van der Waals surface area contributed by atoms with Gasteiger partial charge in [0.05, 0.1) is 17.2 Å². The molecule has 1 aromatic heterocycles. The smallest absolute Gasteiger partial charge is 0.324 e. The Morgan fingerprint density at radius 3 is 2.81 bits per heavy atom. The molecule has 2 atom stereocenters. The highest BCUT2D eigenvalue weighted by atomic mass is 32.1. The van der Waals surface area contributed by atoms with E-state index in [-0.39, 0.29) is 11.7 Å². The summed E-state index contributed by atoms with van der Waals surface area (Å²) in [5.41, 5.74) is -2.80. The summed E-state index contributed by atoms with van der Waals surface area (Å²) in [4.78, 5) is 13.5. The topological polar surface area (TPSA) is 77.6 Å². The van der Waals surface area contributed by atoms with Crippen molar-refractivity contribution in [2.45, 2.75) is 31.1 Å². The zero-order valence-electron chi connectivity index (χ0n) is 13.5. The number of halogens is 3. The fraction of sp³-hybridized carbons (Fsp3) is 0.294. The third kappa shape index (κ3) is 3.46. The number of anilines is 1. The highest BCUT2D eigenvalue weighted by Crippen LogP contribution is 2.39. The molecule has 0 spiro atoms. The van der Waals surface area contributed by atoms with Crippen LogP contribution in [0, 0.1) is 11.3 Å². The maximum absolute atomic E-state index is 13.0. The normalized spacial score (nSPS) is 22.2. The van der Waals surface area contributed by atoms with Gasteiger partial charge >= 0.3 is 6.18 Å². The zero-order chi connectivity index (χ0) is 18.9. The Labute approximate surface area is 151 Å². The number of nitriles is 1. The van der Waals surface area contributed by atoms with Gasteiger partial charge in [-0.3, -0.25) is 4.79 Å². The highest BCUT2D eigenvalue weighted by molar-refractivity contribution is 7.10. The second-order valence-electron chi connectivity index (χ2n) is 6.05. The van der Waals surface area contributed by atoms with Crippen molar-refractivity contribution in [1.29, 1.82) is 5.26 Å². The van der Waals surface area contributed by atoms with Crippen molar-refractivity contribution in [3.63, 3.8) is 0 Å². The number of hydrogen-bond acceptors (Lipinski definition) is 5. The van der Waals surface area contributed by atoms with Crippen molar-refractivity contribution < 1.29 is 18.0 Å². The van der Waals surface area contributed by atoms with E-state index in [9.17, 15) is 18.0 Å². The third-order valence-electron chi connectivity index (χ3n) is 4.07. The van der Waals surface area contributed by atoms with Crippen LogP contribution in [0.4, 0.5) is 18.9 Å². The molecule has 134 valence electrons. The molecule has 0 saturated carbocycles. The lowest BCUT2D eigenvalue weighted by Crippen LogP contribution is -2.37. The quantitative estimate of drug-likeness (QED) is 0.822. The lowest BCUT2D eigenvalue weighted by atomic mass is 9.94. The number of nitrogens with zero attached hydrogens (tertiary/aromatic N) is 3. The molecule has 1 aliphatic heterocycles. The molecule has 0 saturated heterocycles. The van der Waals surface area contributed by atoms with Crippen LogP contribution in [0.5, 0.6) is 0 Å². The Bertz CT molecular complexity index is 902. The molecule has 2 unspecified atom stereocenters. The van der Waals surface area contributed by atoms with Gasteiger partial charge in [0.1, 0.15) is 6.04 Å². The number of carbonyl (C=O) groups excluding carboxylic acids is 1. The minimum Gasteiger partial charge on any atom is -0.324 e. The van der Waals surface area contributed by atoms with Crippen molar-refractivity contribution in [3.05, 3.63) is 51.7 Å². The van der Waals surface area contributed by atoms with Gasteiger partial charge in [0, 0.05) is 17.0 Å². The first kappa shape index (κ1) is 18.1. The predicted molar refractivity (Wildman–Crippen MR) is 89.7 cm³/mol. The molecule has 1 amide bonds. The molecular weight excluding hydrogens is 365 g/mol. The van der Waals surface area contributed by atoms with Crippen molar-refractivity contribution in [2.75, 3.05) is 5.32 Å². The van der Waals surface area contributed by atoms with Gasteiger partial charge in [-0.05, 0) is 36.6 Å². The Balaban J connectivity index is 1.78. The summed E-state index contributed by atoms with van der Waals surface area (Å²) in [7, 11) is 0. The van der Waals surface area contributed by atoms with Crippen molar-refractivity contribution in [3.8, 4) is 6.07 Å². The Morgan fingerprint density at radius 2 is 2.19 bits per heavy atom. The van der Waals surface area contributed by atoms with E-state index in [2.05, 4.69) is 15.5 Å². The van der Waals surface area contributed by atoms with E-state index in [4.69, 9.17) is 5.26 Å². The van der Waals surface area contributed by atoms with Crippen LogP contribution < -0.4 is 5.32 Å². The summed E-state index contributed by atoms with van der Waals surface area (Å²) in [6.07, 6.45) is -4.35. The molecule has 0 fully saturated rings. The molecule has 0 aliphatic carbocycles. The minimum absolute atomic E-state index is 0.0441. The van der Waals surface area contributed by atoms with E-state index < -0.39 is 28.7 Å². The van der Waals surface area contributed by atoms with Crippen LogP contribution in [-0.4, -0.2) is 11.4 Å². The third-order valence-corrected chi connectivity index (χ3v) is 5.05. The SMILES string of the molecule is CC1(C(=O)Nc2ccc(C#N)c(C(F)(F)F)c2)CC(c2cccs2)N=N1. The fourth-order valence-electron chi connectivity index (χ4n) is 2.65. The van der Waals surface area contributed by atoms with E-state index in [0.29, 0.717) is 6.42 Å². The minimum atomic E-state index is -4.69. The van der Waals surface area contributed by atoms with E-state index in [1.165, 1.54) is 23.5 Å². The van der Waals surface area contributed by atoms with Gasteiger partial charge in [-0.15, -0.1) is 11.3 Å². The molecule has 2 aromatic rings. The van der Waals surface area contributed by atoms with Crippen LogP contribution in [0.15, 0.2) is 45.9 Å². The number of rotatable bonds is 3. The second kappa shape index (κ2) is 6.53. The predicted octanol–water partition coefficient (Wildman–Crippen LogP) is 4.93. The van der Waals surface area contributed by atoms with Crippen molar-refractivity contribution in [2.24, 2.45) is 10.2 Å². The molecule has 5 nitrogen and oxygen atoms in total. The van der Waals surface area contributed by atoms with Gasteiger partial charge in [0.25, 0.3) is 5.91 Å². The molecule has 1 aromatic carbocycles. The summed E-state index contributed by atoms with van der Waals surface area (Å²) in [5.74, 6) is -0.543. The van der Waals surface area contributed by atoms with E-state index in [1.54, 1.807) is 6.92 Å². The van der Waals surface area contributed by atoms with E-state index >= 15 is 0 Å². The number of alkyl halides is 3. The average Bonchev–Trinajstić information content (AvgIpc) is 3.24. The molecule has 0 radical (unpaired) electrons. The molecule has 26 heavy (non-hydrogen) atoms. The van der Waals surface area contributed by atoms with Gasteiger partial charge in [0.15, 0.2) is 5.54 Å². The number of hydrogen-bond donors (Lipinski definition) is 1. The van der Waals surface area contributed by atoms with Crippen molar-refractivity contribution in [1.82, 2.24) is 0 Å². The fourth-order valence-corrected chi connectivity index (χ4v) is 3.41. The Morgan fingerprint density at radius 1 is 1.42 bits per heavy atom. The first-order valence-electron chi connectivity index (χ1n) is 7.61. The maximum Gasteiger partial charge on any atom is 0.417 e. The van der Waals surface area contributed by atoms with Gasteiger partial charge in [-0.25, -0.2) is 0 Å². The van der Waals surface area contributed by atoms with E-state index in [0.717, 1.165) is 17.0 Å². The number of nitrogens with one attached hydrogen (secondary N) is 1. The Hall–Kier alpha value is -2.73. The van der Waals surface area contributed by atoms with E-state index in [1.807, 2.05) is 17.5 Å². The zero-order valence-corrected chi connectivity index (χ0v) is 14.4. The largest absolute Gasteiger partial charge is 0.417 e. The van der Waals surface area contributed by atoms with Gasteiger partial charge in [-0.1, -0.05) is 6.07 Å². The number of thiophene rings is 1. The maximum atomic E-state index is 13.0. The standard InChI is InChI=1S/C17H13F3N4OS/c1-16(8-13(23-24-16)14-3-2-6-26-14)15(25)22-11-5-4-10(9-21)12(7-11)17(18,19)20/h2-7,13H,8H2,1H3,(H,22,25). The number of azo groups is 1. The number of carbonyl (C=O) groups is 1. The lowest BCUT2D eigenvalue weighted by molar-refractivity contribution is -0.137. The molecule has 1 N–H and O–H groups in total. The highest BCUT2D eigenvalue weighted by Gasteiger charge is 2.42.